The molecule has 90 valence electrons. The zero-order valence-electron chi connectivity index (χ0n) is 9.80. The summed E-state index contributed by atoms with van der Waals surface area (Å²) < 4.78 is 6.45. The highest BCUT2D eigenvalue weighted by molar-refractivity contribution is 9.10. The van der Waals surface area contributed by atoms with Crippen LogP contribution in [0.2, 0.25) is 0 Å². The third-order valence-corrected chi connectivity index (χ3v) is 3.60. The van der Waals surface area contributed by atoms with Gasteiger partial charge in [0.2, 0.25) is 0 Å². The predicted molar refractivity (Wildman–Crippen MR) is 73.5 cm³/mol. The van der Waals surface area contributed by atoms with E-state index in [-0.39, 0.29) is 0 Å². The molecule has 0 saturated carbocycles. The topological polar surface area (TPSA) is 9.23 Å². The van der Waals surface area contributed by atoms with Crippen molar-refractivity contribution in [2.75, 3.05) is 13.0 Å². The summed E-state index contributed by atoms with van der Waals surface area (Å²) in [4.78, 5) is 0. The van der Waals surface area contributed by atoms with E-state index in [9.17, 15) is 0 Å². The van der Waals surface area contributed by atoms with Gasteiger partial charge in [-0.2, -0.15) is 0 Å². The van der Waals surface area contributed by atoms with Crippen molar-refractivity contribution in [3.05, 3.63) is 28.2 Å². The molecular weight excluding hydrogens is 287 g/mol. The number of methoxy groups -OCH3 is 1. The van der Waals surface area contributed by atoms with Crippen LogP contribution in [0.3, 0.4) is 0 Å². The average Bonchev–Trinajstić information content (AvgIpc) is 2.29. The van der Waals surface area contributed by atoms with Crippen LogP contribution >= 0.6 is 27.5 Å². The van der Waals surface area contributed by atoms with Crippen molar-refractivity contribution >= 4 is 27.5 Å². The summed E-state index contributed by atoms with van der Waals surface area (Å²) in [7, 11) is 1.71. The van der Waals surface area contributed by atoms with Crippen LogP contribution in [0, 0.1) is 5.92 Å². The first kappa shape index (κ1) is 13.9. The van der Waals surface area contributed by atoms with E-state index < -0.39 is 0 Å². The lowest BCUT2D eigenvalue weighted by Crippen LogP contribution is -2.07. The molecule has 0 spiro atoms. The molecule has 1 rings (SSSR count). The first-order valence-corrected chi connectivity index (χ1v) is 6.92. The third kappa shape index (κ3) is 3.99. The first-order valence-electron chi connectivity index (χ1n) is 5.59. The van der Waals surface area contributed by atoms with E-state index in [1.165, 1.54) is 18.4 Å². The van der Waals surface area contributed by atoms with Crippen LogP contribution in [-0.4, -0.2) is 13.0 Å². The molecule has 1 atom stereocenters. The van der Waals surface area contributed by atoms with Crippen molar-refractivity contribution in [3.8, 4) is 5.75 Å². The molecule has 0 amide bonds. The predicted octanol–water partition coefficient (Wildman–Crippen LogP) is 4.66. The molecule has 0 aliphatic carbocycles. The lowest BCUT2D eigenvalue weighted by Gasteiger charge is -2.15. The Morgan fingerprint density at radius 3 is 2.75 bits per heavy atom. The number of hydrogen-bond acceptors (Lipinski definition) is 1. The Balaban J connectivity index is 2.80. The summed E-state index contributed by atoms with van der Waals surface area (Å²) in [5.74, 6) is 2.20. The molecule has 0 saturated heterocycles. The van der Waals surface area contributed by atoms with Crippen LogP contribution in [0.4, 0.5) is 0 Å². The molecule has 0 aromatic heterocycles. The van der Waals surface area contributed by atoms with Gasteiger partial charge in [0.05, 0.1) is 7.11 Å². The molecule has 1 aromatic carbocycles. The minimum Gasteiger partial charge on any atom is -0.496 e. The Bertz CT molecular complexity index is 328. The van der Waals surface area contributed by atoms with Crippen LogP contribution in [0.15, 0.2) is 22.7 Å². The number of benzene rings is 1. The van der Waals surface area contributed by atoms with Gasteiger partial charge in [-0.05, 0) is 42.5 Å². The summed E-state index contributed by atoms with van der Waals surface area (Å²) in [6.45, 7) is 2.19. The SMILES string of the molecule is CCCC(CCl)Cc1cc(Br)ccc1OC. The highest BCUT2D eigenvalue weighted by Gasteiger charge is 2.11. The van der Waals surface area contributed by atoms with E-state index in [1.54, 1.807) is 7.11 Å². The Morgan fingerprint density at radius 1 is 1.44 bits per heavy atom. The second-order valence-corrected chi connectivity index (χ2v) is 5.19. The molecule has 3 heteroatoms. The number of hydrogen-bond donors (Lipinski definition) is 0. The van der Waals surface area contributed by atoms with Crippen LogP contribution in [0.5, 0.6) is 5.75 Å². The quantitative estimate of drug-likeness (QED) is 0.695. The molecule has 1 nitrogen and oxygen atoms in total. The number of alkyl halides is 1. The molecule has 0 N–H and O–H groups in total. The molecule has 0 fully saturated rings. The molecule has 1 unspecified atom stereocenters. The zero-order valence-corrected chi connectivity index (χ0v) is 12.1. The van der Waals surface area contributed by atoms with Gasteiger partial charge in [0.15, 0.2) is 0 Å². The van der Waals surface area contributed by atoms with Gasteiger partial charge in [0, 0.05) is 10.4 Å². The molecule has 1 aromatic rings. The minimum absolute atomic E-state index is 0.537. The smallest absolute Gasteiger partial charge is 0.122 e. The summed E-state index contributed by atoms with van der Waals surface area (Å²) in [6, 6.07) is 6.11. The van der Waals surface area contributed by atoms with Crippen molar-refractivity contribution in [1.82, 2.24) is 0 Å². The Labute approximate surface area is 111 Å². The van der Waals surface area contributed by atoms with Gasteiger partial charge >= 0.3 is 0 Å². The van der Waals surface area contributed by atoms with E-state index in [1.807, 2.05) is 12.1 Å². The van der Waals surface area contributed by atoms with Crippen LogP contribution in [0.1, 0.15) is 25.3 Å². The van der Waals surface area contributed by atoms with Crippen LogP contribution in [0.25, 0.3) is 0 Å². The highest BCUT2D eigenvalue weighted by atomic mass is 79.9. The monoisotopic (exact) mass is 304 g/mol. The van der Waals surface area contributed by atoms with Gasteiger partial charge in [-0.15, -0.1) is 11.6 Å². The maximum Gasteiger partial charge on any atom is 0.122 e. The molecule has 0 bridgehead atoms. The summed E-state index contributed by atoms with van der Waals surface area (Å²) in [5.41, 5.74) is 1.23. The second-order valence-electron chi connectivity index (χ2n) is 3.97. The van der Waals surface area contributed by atoms with Crippen LogP contribution in [-0.2, 0) is 6.42 Å². The van der Waals surface area contributed by atoms with E-state index >= 15 is 0 Å². The van der Waals surface area contributed by atoms with Gasteiger partial charge in [-0.3, -0.25) is 0 Å². The largest absolute Gasteiger partial charge is 0.496 e. The fourth-order valence-electron chi connectivity index (χ4n) is 1.86. The van der Waals surface area contributed by atoms with E-state index in [0.717, 1.165) is 16.6 Å². The van der Waals surface area contributed by atoms with E-state index in [2.05, 4.69) is 28.9 Å². The number of ether oxygens (including phenoxy) is 1. The lowest BCUT2D eigenvalue weighted by molar-refractivity contribution is 0.404. The third-order valence-electron chi connectivity index (χ3n) is 2.67. The molecular formula is C13H18BrClO. The van der Waals surface area contributed by atoms with E-state index in [0.29, 0.717) is 11.8 Å². The van der Waals surface area contributed by atoms with Gasteiger partial charge < -0.3 is 4.74 Å². The van der Waals surface area contributed by atoms with E-state index in [4.69, 9.17) is 16.3 Å². The first-order chi connectivity index (χ1) is 7.71. The fourth-order valence-corrected chi connectivity index (χ4v) is 2.53. The van der Waals surface area contributed by atoms with Crippen molar-refractivity contribution in [3.63, 3.8) is 0 Å². The molecule has 16 heavy (non-hydrogen) atoms. The Hall–Kier alpha value is -0.210. The number of halogens is 2. The normalized spacial score (nSPS) is 12.5. The standard InChI is InChI=1S/C13H18BrClO/c1-3-4-10(9-15)7-11-8-12(14)5-6-13(11)16-2/h5-6,8,10H,3-4,7,9H2,1-2H3. The summed E-state index contributed by atoms with van der Waals surface area (Å²) in [6.07, 6.45) is 3.33. The minimum atomic E-state index is 0.537. The van der Waals surface area contributed by atoms with Crippen molar-refractivity contribution in [2.45, 2.75) is 26.2 Å². The van der Waals surface area contributed by atoms with Gasteiger partial charge in [-0.25, -0.2) is 0 Å². The zero-order chi connectivity index (χ0) is 12.0. The molecule has 0 aliphatic rings. The van der Waals surface area contributed by atoms with Gasteiger partial charge in [0.25, 0.3) is 0 Å². The van der Waals surface area contributed by atoms with Crippen molar-refractivity contribution in [2.24, 2.45) is 5.92 Å². The maximum atomic E-state index is 5.98. The van der Waals surface area contributed by atoms with Gasteiger partial charge in [0.1, 0.15) is 5.75 Å². The van der Waals surface area contributed by atoms with Gasteiger partial charge in [-0.1, -0.05) is 29.3 Å². The second kappa shape index (κ2) is 7.18. The lowest BCUT2D eigenvalue weighted by atomic mass is 9.96. The maximum absolute atomic E-state index is 5.98. The van der Waals surface area contributed by atoms with Crippen molar-refractivity contribution < 1.29 is 4.74 Å². The van der Waals surface area contributed by atoms with Crippen molar-refractivity contribution in [1.29, 1.82) is 0 Å². The molecule has 0 aliphatic heterocycles. The fraction of sp³-hybridized carbons (Fsp3) is 0.538. The Morgan fingerprint density at radius 2 is 2.19 bits per heavy atom. The Kier molecular flexibility index (Phi) is 6.22. The summed E-state index contributed by atoms with van der Waals surface area (Å²) in [5, 5.41) is 0. The average molecular weight is 306 g/mol. The number of rotatable bonds is 6. The van der Waals surface area contributed by atoms with Crippen LogP contribution < -0.4 is 4.74 Å². The highest BCUT2D eigenvalue weighted by Crippen LogP contribution is 2.27. The summed E-state index contributed by atoms with van der Waals surface area (Å²) >= 11 is 9.47. The molecule has 0 radical (unpaired) electrons. The molecule has 0 heterocycles.